The second kappa shape index (κ2) is 14.9. The summed E-state index contributed by atoms with van der Waals surface area (Å²) in [6.45, 7) is 6.71. The predicted octanol–water partition coefficient (Wildman–Crippen LogP) is 13.1. The highest BCUT2D eigenvalue weighted by Crippen LogP contribution is 2.41. The van der Waals surface area contributed by atoms with Crippen molar-refractivity contribution in [2.24, 2.45) is 0 Å². The molecule has 0 aliphatic rings. The van der Waals surface area contributed by atoms with E-state index in [4.69, 9.17) is 0 Å². The minimum Gasteiger partial charge on any atom is -0.310 e. The summed E-state index contributed by atoms with van der Waals surface area (Å²) in [7, 11) is 0. The zero-order valence-electron chi connectivity index (χ0n) is 25.4. The van der Waals surface area contributed by atoms with Gasteiger partial charge in [-0.05, 0) is 140 Å². The fraction of sp³-hybridized carbons (Fsp3) is 0.231. The third-order valence-electron chi connectivity index (χ3n) is 7.88. The maximum absolute atomic E-state index is 3.62. The number of benzene rings is 5. The van der Waals surface area contributed by atoms with E-state index in [2.05, 4.69) is 178 Å². The predicted molar refractivity (Wildman–Crippen MR) is 193 cm³/mol. The lowest BCUT2D eigenvalue weighted by Gasteiger charge is -2.30. The molecule has 0 aromatic heterocycles. The average Bonchev–Trinajstić information content (AvgIpc) is 3.03. The summed E-state index contributed by atoms with van der Waals surface area (Å²) < 4.78 is 2.15. The van der Waals surface area contributed by atoms with Crippen molar-refractivity contribution in [2.45, 2.75) is 59.3 Å². The molecule has 220 valence electrons. The van der Waals surface area contributed by atoms with E-state index in [0.29, 0.717) is 0 Å². The summed E-state index contributed by atoms with van der Waals surface area (Å²) in [6, 6.07) is 42.1. The smallest absolute Gasteiger partial charge is 0.0492 e. The van der Waals surface area contributed by atoms with Crippen LogP contribution in [0.15, 0.2) is 124 Å². The Morgan fingerprint density at radius 1 is 0.465 bits per heavy atom. The Kier molecular flexibility index (Phi) is 10.8. The van der Waals surface area contributed by atoms with Crippen LogP contribution in [0.4, 0.5) is 34.1 Å². The number of anilines is 6. The van der Waals surface area contributed by atoms with Crippen molar-refractivity contribution in [2.75, 3.05) is 9.80 Å². The first-order chi connectivity index (χ1) is 21.0. The minimum absolute atomic E-state index is 1.07. The highest BCUT2D eigenvalue weighted by molar-refractivity contribution is 9.10. The molecule has 0 saturated heterocycles. The van der Waals surface area contributed by atoms with Gasteiger partial charge in [0.05, 0.1) is 0 Å². The van der Waals surface area contributed by atoms with Gasteiger partial charge in [0.25, 0.3) is 0 Å². The summed E-state index contributed by atoms with van der Waals surface area (Å²) in [5, 5.41) is 0. The highest BCUT2D eigenvalue weighted by Gasteiger charge is 2.18. The molecule has 0 unspecified atom stereocenters. The van der Waals surface area contributed by atoms with Crippen LogP contribution in [0.3, 0.4) is 0 Å². The van der Waals surface area contributed by atoms with Crippen molar-refractivity contribution >= 4 is 66.0 Å². The molecule has 0 radical (unpaired) electrons. The molecule has 5 aromatic rings. The first-order valence-electron chi connectivity index (χ1n) is 15.4. The monoisotopic (exact) mass is 694 g/mol. The lowest BCUT2D eigenvalue weighted by Crippen LogP contribution is -2.13. The van der Waals surface area contributed by atoms with E-state index in [1.54, 1.807) is 0 Å². The third-order valence-corrected chi connectivity index (χ3v) is 8.93. The molecule has 0 amide bonds. The molecule has 0 fully saturated rings. The molecule has 5 aromatic carbocycles. The molecule has 0 N–H and O–H groups in total. The largest absolute Gasteiger partial charge is 0.310 e. The van der Waals surface area contributed by atoms with Crippen molar-refractivity contribution in [3.8, 4) is 0 Å². The summed E-state index contributed by atoms with van der Waals surface area (Å²) >= 11 is 7.24. The van der Waals surface area contributed by atoms with Gasteiger partial charge in [-0.2, -0.15) is 0 Å². The molecule has 4 heteroatoms. The van der Waals surface area contributed by atoms with E-state index < -0.39 is 0 Å². The number of nitrogens with zero attached hydrogens (tertiary/aromatic N) is 2. The second-order valence-electron chi connectivity index (χ2n) is 11.1. The Labute approximate surface area is 274 Å². The van der Waals surface area contributed by atoms with Crippen LogP contribution >= 0.6 is 31.9 Å². The van der Waals surface area contributed by atoms with Crippen molar-refractivity contribution < 1.29 is 0 Å². The van der Waals surface area contributed by atoms with Crippen molar-refractivity contribution in [3.63, 3.8) is 0 Å². The molecule has 0 atom stereocenters. The number of hydrogen-bond donors (Lipinski definition) is 0. The molecule has 0 heterocycles. The van der Waals surface area contributed by atoms with Gasteiger partial charge < -0.3 is 9.80 Å². The van der Waals surface area contributed by atoms with Gasteiger partial charge in [0.15, 0.2) is 0 Å². The Morgan fingerprint density at radius 3 is 1.23 bits per heavy atom. The molecule has 0 bridgehead atoms. The van der Waals surface area contributed by atoms with E-state index in [9.17, 15) is 0 Å². The average molecular weight is 697 g/mol. The number of aryl methyl sites for hydroxylation is 3. The first-order valence-corrected chi connectivity index (χ1v) is 17.0. The van der Waals surface area contributed by atoms with Crippen LogP contribution in [0.25, 0.3) is 0 Å². The second-order valence-corrected chi connectivity index (χ2v) is 13.0. The summed E-state index contributed by atoms with van der Waals surface area (Å²) in [5.41, 5.74) is 10.9. The van der Waals surface area contributed by atoms with Crippen LogP contribution in [-0.4, -0.2) is 0 Å². The lowest BCUT2D eigenvalue weighted by molar-refractivity contribution is 0.795. The van der Waals surface area contributed by atoms with Crippen molar-refractivity contribution in [1.29, 1.82) is 0 Å². The molecular weight excluding hydrogens is 656 g/mol. The molecule has 0 aliphatic carbocycles. The Morgan fingerprint density at radius 2 is 0.837 bits per heavy atom. The fourth-order valence-electron chi connectivity index (χ4n) is 5.47. The Hall–Kier alpha value is -3.34. The third kappa shape index (κ3) is 7.79. The number of hydrogen-bond acceptors (Lipinski definition) is 2. The van der Waals surface area contributed by atoms with Gasteiger partial charge in [-0.1, -0.05) is 82.8 Å². The zero-order chi connectivity index (χ0) is 30.2. The highest BCUT2D eigenvalue weighted by atomic mass is 79.9. The van der Waals surface area contributed by atoms with Gasteiger partial charge in [-0.25, -0.2) is 0 Å². The van der Waals surface area contributed by atoms with Gasteiger partial charge in [0.2, 0.25) is 0 Å². The van der Waals surface area contributed by atoms with Gasteiger partial charge >= 0.3 is 0 Å². The summed E-state index contributed by atoms with van der Waals surface area (Å²) in [5.74, 6) is 0. The SMILES string of the molecule is CCCCc1ccc(N(c2ccc(Br)cc2)c2ccc(N(c3ccc(Br)cc3)c3ccc(CCCC)cc3)c(C)c2)cc1. The van der Waals surface area contributed by atoms with Gasteiger partial charge in [0.1, 0.15) is 0 Å². The maximum Gasteiger partial charge on any atom is 0.0492 e. The minimum atomic E-state index is 1.07. The molecule has 2 nitrogen and oxygen atoms in total. The molecular formula is C39H40Br2N2. The summed E-state index contributed by atoms with van der Waals surface area (Å²) in [4.78, 5) is 4.71. The van der Waals surface area contributed by atoms with Gasteiger partial charge in [-0.3, -0.25) is 0 Å². The molecule has 43 heavy (non-hydrogen) atoms. The van der Waals surface area contributed by atoms with Crippen molar-refractivity contribution in [3.05, 3.63) is 141 Å². The van der Waals surface area contributed by atoms with E-state index in [-0.39, 0.29) is 0 Å². The van der Waals surface area contributed by atoms with Crippen LogP contribution in [0, 0.1) is 6.92 Å². The first kappa shape index (κ1) is 31.1. The van der Waals surface area contributed by atoms with Gasteiger partial charge in [-0.15, -0.1) is 0 Å². The van der Waals surface area contributed by atoms with E-state index in [1.807, 2.05) is 0 Å². The molecule has 0 saturated carbocycles. The zero-order valence-corrected chi connectivity index (χ0v) is 28.5. The van der Waals surface area contributed by atoms with Gasteiger partial charge in [0, 0.05) is 43.1 Å². The fourth-order valence-corrected chi connectivity index (χ4v) is 6.00. The maximum atomic E-state index is 3.62. The van der Waals surface area contributed by atoms with Crippen LogP contribution in [0.5, 0.6) is 0 Å². The van der Waals surface area contributed by atoms with Crippen LogP contribution in [0.1, 0.15) is 56.2 Å². The molecule has 0 spiro atoms. The normalized spacial score (nSPS) is 11.0. The quantitative estimate of drug-likeness (QED) is 0.128. The molecule has 0 aliphatic heterocycles. The standard InChI is InChI=1S/C39H40Br2N2/c1-4-6-8-30-10-18-34(19-11-30)42(35-22-14-32(40)15-23-35)38-26-27-39(29(3)28-38)43(37-24-16-33(41)17-25-37)36-20-12-31(13-21-36)9-7-5-2/h10-28H,4-9H2,1-3H3. The van der Waals surface area contributed by atoms with E-state index >= 15 is 0 Å². The number of rotatable bonds is 12. The van der Waals surface area contributed by atoms with E-state index in [1.165, 1.54) is 42.4 Å². The van der Waals surface area contributed by atoms with E-state index in [0.717, 1.165) is 55.9 Å². The number of unbranched alkanes of at least 4 members (excludes halogenated alkanes) is 2. The lowest BCUT2D eigenvalue weighted by atomic mass is 10.0. The topological polar surface area (TPSA) is 6.48 Å². The van der Waals surface area contributed by atoms with Crippen LogP contribution < -0.4 is 9.80 Å². The van der Waals surface area contributed by atoms with Crippen LogP contribution in [-0.2, 0) is 12.8 Å². The van der Waals surface area contributed by atoms with Crippen LogP contribution in [0.2, 0.25) is 0 Å². The Bertz CT molecular complexity index is 1590. The Balaban J connectivity index is 1.55. The number of halogens is 2. The summed E-state index contributed by atoms with van der Waals surface area (Å²) in [6.07, 6.45) is 7.08. The molecule has 5 rings (SSSR count). The van der Waals surface area contributed by atoms with Crippen molar-refractivity contribution in [1.82, 2.24) is 0 Å².